The second-order valence-electron chi connectivity index (χ2n) is 7.96. The number of ether oxygens (including phenoxy) is 3. The lowest BCUT2D eigenvalue weighted by molar-refractivity contribution is -0.152. The minimum Gasteiger partial charge on any atom is -0.506 e. The summed E-state index contributed by atoms with van der Waals surface area (Å²) in [6, 6.07) is 16.7. The van der Waals surface area contributed by atoms with E-state index in [1.54, 1.807) is 70.2 Å². The summed E-state index contributed by atoms with van der Waals surface area (Å²) in [5, 5.41) is 15.4. The third-order valence-electron chi connectivity index (χ3n) is 5.05. The Morgan fingerprint density at radius 2 is 1.58 bits per heavy atom. The predicted molar refractivity (Wildman–Crippen MR) is 135 cm³/mol. The molecule has 3 aromatic carbocycles. The Kier molecular flexibility index (Phi) is 8.51. The quantitative estimate of drug-likeness (QED) is 0.236. The fraction of sp³-hybridized carbons (Fsp3) is 0.222. The molecule has 0 aromatic heterocycles. The summed E-state index contributed by atoms with van der Waals surface area (Å²) in [4.78, 5) is 36.1. The van der Waals surface area contributed by atoms with E-state index in [2.05, 4.69) is 10.6 Å². The van der Waals surface area contributed by atoms with Gasteiger partial charge in [-0.1, -0.05) is 18.2 Å². The van der Waals surface area contributed by atoms with Crippen LogP contribution in [0.3, 0.4) is 0 Å². The van der Waals surface area contributed by atoms with E-state index in [4.69, 9.17) is 14.2 Å². The van der Waals surface area contributed by atoms with Crippen LogP contribution in [0.25, 0.3) is 0 Å². The van der Waals surface area contributed by atoms with Crippen molar-refractivity contribution in [1.29, 1.82) is 0 Å². The Labute approximate surface area is 209 Å². The average Bonchev–Trinajstić information content (AvgIpc) is 2.84. The molecule has 3 rings (SSSR count). The Hall–Kier alpha value is -4.53. The van der Waals surface area contributed by atoms with Gasteiger partial charge in [0.25, 0.3) is 5.91 Å². The van der Waals surface area contributed by atoms with Crippen LogP contribution >= 0.6 is 0 Å². The summed E-state index contributed by atoms with van der Waals surface area (Å²) in [5.74, 6) is -0.964. The first-order valence-corrected chi connectivity index (χ1v) is 11.3. The number of hydrogen-bond donors (Lipinski definition) is 3. The maximum atomic E-state index is 12.6. The second kappa shape index (κ2) is 11.7. The molecule has 9 nitrogen and oxygen atoms in total. The Bertz CT molecular complexity index is 1240. The lowest BCUT2D eigenvalue weighted by atomic mass is 10.1. The van der Waals surface area contributed by atoms with Gasteiger partial charge in [-0.3, -0.25) is 9.59 Å². The zero-order chi connectivity index (χ0) is 26.2. The van der Waals surface area contributed by atoms with E-state index in [-0.39, 0.29) is 18.0 Å². The normalized spacial score (nSPS) is 11.2. The number of para-hydroxylation sites is 1. The van der Waals surface area contributed by atoms with Gasteiger partial charge >= 0.3 is 11.9 Å². The number of anilines is 2. The van der Waals surface area contributed by atoms with Gasteiger partial charge < -0.3 is 30.0 Å². The SMILES string of the molecule is CCOC(=O)C(=O)Nc1cc(C)c(Oc2ccc(O)c(NC(=O)C(C)Oc3ccccc3)c2)c(C)c1. The number of carbonyl (C=O) groups is 3. The maximum Gasteiger partial charge on any atom is 0.397 e. The Balaban J connectivity index is 1.72. The fourth-order valence-electron chi connectivity index (χ4n) is 3.35. The number of nitrogens with one attached hydrogen (secondary N) is 2. The highest BCUT2D eigenvalue weighted by Crippen LogP contribution is 2.35. The van der Waals surface area contributed by atoms with E-state index in [0.717, 1.165) is 0 Å². The third kappa shape index (κ3) is 6.75. The van der Waals surface area contributed by atoms with Crippen molar-refractivity contribution in [2.24, 2.45) is 0 Å². The smallest absolute Gasteiger partial charge is 0.397 e. The number of phenols is 1. The van der Waals surface area contributed by atoms with Crippen molar-refractivity contribution in [2.45, 2.75) is 33.8 Å². The lowest BCUT2D eigenvalue weighted by Gasteiger charge is -2.17. The lowest BCUT2D eigenvalue weighted by Crippen LogP contribution is -2.30. The first kappa shape index (κ1) is 26.1. The van der Waals surface area contributed by atoms with Crippen LogP contribution in [0.15, 0.2) is 60.7 Å². The van der Waals surface area contributed by atoms with E-state index in [9.17, 15) is 19.5 Å². The minimum atomic E-state index is -0.963. The molecule has 3 N–H and O–H groups in total. The highest BCUT2D eigenvalue weighted by atomic mass is 16.5. The zero-order valence-corrected chi connectivity index (χ0v) is 20.5. The fourth-order valence-corrected chi connectivity index (χ4v) is 3.35. The Morgan fingerprint density at radius 1 is 0.917 bits per heavy atom. The minimum absolute atomic E-state index is 0.102. The van der Waals surface area contributed by atoms with Gasteiger partial charge in [-0.05, 0) is 75.2 Å². The maximum absolute atomic E-state index is 12.6. The molecule has 3 aromatic rings. The first-order chi connectivity index (χ1) is 17.2. The van der Waals surface area contributed by atoms with Crippen LogP contribution in [-0.2, 0) is 19.1 Å². The molecular formula is C27H28N2O7. The average molecular weight is 493 g/mol. The van der Waals surface area contributed by atoms with Crippen LogP contribution in [0.1, 0.15) is 25.0 Å². The molecule has 0 bridgehead atoms. The molecule has 0 spiro atoms. The number of aryl methyl sites for hydroxylation is 2. The Morgan fingerprint density at radius 3 is 2.22 bits per heavy atom. The molecule has 0 radical (unpaired) electrons. The van der Waals surface area contributed by atoms with Crippen LogP contribution in [0.4, 0.5) is 11.4 Å². The predicted octanol–water partition coefficient (Wildman–Crippen LogP) is 4.71. The molecule has 0 aliphatic heterocycles. The second-order valence-corrected chi connectivity index (χ2v) is 7.96. The van der Waals surface area contributed by atoms with Gasteiger partial charge in [-0.2, -0.15) is 0 Å². The molecule has 0 saturated carbocycles. The van der Waals surface area contributed by atoms with Crippen molar-refractivity contribution in [2.75, 3.05) is 17.2 Å². The third-order valence-corrected chi connectivity index (χ3v) is 5.05. The van der Waals surface area contributed by atoms with Gasteiger partial charge in [-0.25, -0.2) is 4.79 Å². The van der Waals surface area contributed by atoms with E-state index >= 15 is 0 Å². The topological polar surface area (TPSA) is 123 Å². The van der Waals surface area contributed by atoms with Crippen LogP contribution in [0.5, 0.6) is 23.0 Å². The molecule has 0 saturated heterocycles. The molecule has 188 valence electrons. The van der Waals surface area contributed by atoms with Crippen LogP contribution in [0, 0.1) is 13.8 Å². The van der Waals surface area contributed by atoms with Crippen molar-refractivity contribution in [3.8, 4) is 23.0 Å². The van der Waals surface area contributed by atoms with Crippen molar-refractivity contribution < 1.29 is 33.7 Å². The number of aromatic hydroxyl groups is 1. The molecule has 0 fully saturated rings. The number of hydrogen-bond acceptors (Lipinski definition) is 7. The van der Waals surface area contributed by atoms with Crippen LogP contribution in [-0.4, -0.2) is 35.6 Å². The number of carbonyl (C=O) groups excluding carboxylic acids is 3. The van der Waals surface area contributed by atoms with Gasteiger partial charge in [-0.15, -0.1) is 0 Å². The summed E-state index contributed by atoms with van der Waals surface area (Å²) < 4.78 is 16.3. The highest BCUT2D eigenvalue weighted by Gasteiger charge is 2.19. The van der Waals surface area contributed by atoms with E-state index in [1.165, 1.54) is 12.1 Å². The molecule has 1 atom stereocenters. The van der Waals surface area contributed by atoms with E-state index < -0.39 is 23.9 Å². The number of esters is 1. The molecule has 0 aliphatic carbocycles. The van der Waals surface area contributed by atoms with Crippen molar-refractivity contribution in [1.82, 2.24) is 0 Å². The van der Waals surface area contributed by atoms with Gasteiger partial charge in [0.2, 0.25) is 0 Å². The summed E-state index contributed by atoms with van der Waals surface area (Å²) in [7, 11) is 0. The zero-order valence-electron chi connectivity index (χ0n) is 20.5. The number of benzene rings is 3. The van der Waals surface area contributed by atoms with E-state index in [1.807, 2.05) is 6.07 Å². The molecular weight excluding hydrogens is 464 g/mol. The van der Waals surface area contributed by atoms with Crippen molar-refractivity contribution >= 4 is 29.2 Å². The van der Waals surface area contributed by atoms with Gasteiger partial charge in [0.15, 0.2) is 6.10 Å². The van der Waals surface area contributed by atoms with Crippen LogP contribution < -0.4 is 20.1 Å². The van der Waals surface area contributed by atoms with Gasteiger partial charge in [0.1, 0.15) is 23.0 Å². The monoisotopic (exact) mass is 492 g/mol. The highest BCUT2D eigenvalue weighted by molar-refractivity contribution is 6.37. The summed E-state index contributed by atoms with van der Waals surface area (Å²) in [6.45, 7) is 6.90. The summed E-state index contributed by atoms with van der Waals surface area (Å²) in [5.41, 5.74) is 1.96. The molecule has 2 amide bonds. The number of rotatable bonds is 8. The first-order valence-electron chi connectivity index (χ1n) is 11.3. The van der Waals surface area contributed by atoms with Crippen LogP contribution in [0.2, 0.25) is 0 Å². The van der Waals surface area contributed by atoms with Crippen molar-refractivity contribution in [3.63, 3.8) is 0 Å². The molecule has 0 aliphatic rings. The van der Waals surface area contributed by atoms with Gasteiger partial charge in [0.05, 0.1) is 12.3 Å². The molecule has 36 heavy (non-hydrogen) atoms. The summed E-state index contributed by atoms with van der Waals surface area (Å²) in [6.07, 6.45) is -0.807. The van der Waals surface area contributed by atoms with Crippen molar-refractivity contribution in [3.05, 3.63) is 71.8 Å². The molecule has 0 heterocycles. The van der Waals surface area contributed by atoms with Gasteiger partial charge in [0, 0.05) is 11.8 Å². The number of amides is 2. The molecule has 9 heteroatoms. The molecule has 1 unspecified atom stereocenters. The summed E-state index contributed by atoms with van der Waals surface area (Å²) >= 11 is 0. The number of phenolic OH excluding ortho intramolecular Hbond substituents is 1. The largest absolute Gasteiger partial charge is 0.506 e. The standard InChI is InChI=1S/C27H28N2O7/c1-5-34-27(33)26(32)28-19-13-16(2)24(17(3)14-19)36-21-11-12-23(30)22(15-21)29-25(31)18(4)35-20-9-7-6-8-10-20/h6-15,18,30H,5H2,1-4H3,(H,28,32)(H,29,31). The van der Waals surface area contributed by atoms with E-state index in [0.29, 0.717) is 34.1 Å².